The van der Waals surface area contributed by atoms with E-state index >= 15 is 0 Å². The van der Waals surface area contributed by atoms with Crippen LogP contribution in [0.4, 0.5) is 0 Å². The van der Waals surface area contributed by atoms with Gasteiger partial charge < -0.3 is 19.9 Å². The molecule has 536 valence electrons. The monoisotopic (exact) mass is 1500 g/mol. The van der Waals surface area contributed by atoms with E-state index in [-0.39, 0.29) is 43.3 Å². The van der Waals surface area contributed by atoms with Crippen LogP contribution in [0.3, 0.4) is 0 Å². The van der Waals surface area contributed by atoms with Gasteiger partial charge in [0.2, 0.25) is 0 Å². The summed E-state index contributed by atoms with van der Waals surface area (Å²) in [6, 6.07) is 48.8. The summed E-state index contributed by atoms with van der Waals surface area (Å²) >= 11 is 2.50. The molecule has 14 rings (SSSR count). The zero-order valence-corrected chi connectivity index (χ0v) is 68.6. The Hall–Kier alpha value is -9.19. The van der Waals surface area contributed by atoms with Crippen molar-refractivity contribution in [2.45, 2.75) is 209 Å². The lowest BCUT2D eigenvalue weighted by molar-refractivity contribution is 0.568. The number of nitrogens with zero attached hydrogens (tertiary/aromatic N) is 4. The van der Waals surface area contributed by atoms with Crippen molar-refractivity contribution in [1.82, 2.24) is 39.9 Å². The van der Waals surface area contributed by atoms with Crippen molar-refractivity contribution >= 4 is 115 Å². The van der Waals surface area contributed by atoms with Crippen LogP contribution in [0, 0.1) is 3.57 Å². The average molecular weight is 1500 g/mol. The lowest BCUT2D eigenvalue weighted by atomic mass is 9.78. The summed E-state index contributed by atoms with van der Waals surface area (Å²) in [5, 5.41) is 0. The summed E-state index contributed by atoms with van der Waals surface area (Å²) in [4.78, 5) is 39.7. The van der Waals surface area contributed by atoms with E-state index in [4.69, 9.17) is 19.9 Å². The Labute approximate surface area is 636 Å². The fraction of sp³-hybridized carbons (Fsp3) is 0.333. The standard InChI is InChI=1S/C96H105IN8/c1-89(2,3)58-41-54(42-59(49-58)90(4,5)6)82-68-27-25-66(98-68)53-67-26-28-69(99-67)83(55-43-60(91(7,8)9)50-61(44-55)92(10,11)12)71-30-34-77(101-71)86(76-33-29-70(82)100-76)87-78-35-31-72(102-78)84(56-45-62(93(13,14)15)51-63(46-56)94(16,17)18)74-37-39-80(104-74)88(97)81-40-38-75(105-81)85(73-32-36-79(87)103-73)57-47-64(95(19,20)21)52-65(48-57)96(22,23)24/h25-53,98,101-102,105H,1-24H3. The molecule has 10 heterocycles. The summed E-state index contributed by atoms with van der Waals surface area (Å²) in [5.74, 6) is 0. The highest BCUT2D eigenvalue weighted by atomic mass is 127. The molecule has 9 heteroatoms. The Balaban J connectivity index is 1.22. The topological polar surface area (TPSA) is 115 Å². The Morgan fingerprint density at radius 1 is 0.219 bits per heavy atom. The second-order valence-corrected chi connectivity index (χ2v) is 39.1. The second-order valence-electron chi connectivity index (χ2n) is 38.0. The molecule has 10 aromatic rings. The maximum Gasteiger partial charge on any atom is 0.0792 e. The number of H-pyrrole nitrogens is 4. The normalized spacial score (nSPS) is 13.8. The van der Waals surface area contributed by atoms with Crippen molar-refractivity contribution in [2.24, 2.45) is 0 Å². The summed E-state index contributed by atoms with van der Waals surface area (Å²) in [7, 11) is 0. The smallest absolute Gasteiger partial charge is 0.0792 e. The molecule has 4 aliphatic heterocycles. The third-order valence-corrected chi connectivity index (χ3v) is 22.5. The van der Waals surface area contributed by atoms with Crippen LogP contribution in [0.5, 0.6) is 0 Å². The van der Waals surface area contributed by atoms with Gasteiger partial charge in [0.1, 0.15) is 0 Å². The minimum absolute atomic E-state index is 0.147. The molecule has 0 fully saturated rings. The van der Waals surface area contributed by atoms with Crippen molar-refractivity contribution in [3.05, 3.63) is 221 Å². The zero-order chi connectivity index (χ0) is 75.4. The molecule has 0 amide bonds. The summed E-state index contributed by atoms with van der Waals surface area (Å²) in [6.07, 6.45) is 17.7. The van der Waals surface area contributed by atoms with Gasteiger partial charge in [-0.05, 0) is 236 Å². The predicted octanol–water partition coefficient (Wildman–Crippen LogP) is 26.9. The number of hydrogen-bond acceptors (Lipinski definition) is 4. The van der Waals surface area contributed by atoms with Crippen LogP contribution in [-0.2, 0) is 43.3 Å². The Kier molecular flexibility index (Phi) is 17.7. The highest BCUT2D eigenvalue weighted by molar-refractivity contribution is 14.1. The van der Waals surface area contributed by atoms with Crippen molar-refractivity contribution in [3.63, 3.8) is 0 Å². The van der Waals surface area contributed by atoms with Gasteiger partial charge in [0.15, 0.2) is 0 Å². The maximum atomic E-state index is 6.06. The van der Waals surface area contributed by atoms with Gasteiger partial charge in [0, 0.05) is 72.0 Å². The van der Waals surface area contributed by atoms with Gasteiger partial charge in [0.05, 0.1) is 54.6 Å². The van der Waals surface area contributed by atoms with Gasteiger partial charge in [-0.1, -0.05) is 239 Å². The van der Waals surface area contributed by atoms with E-state index < -0.39 is 0 Å². The van der Waals surface area contributed by atoms with Crippen LogP contribution in [0.25, 0.3) is 148 Å². The van der Waals surface area contributed by atoms with Crippen LogP contribution in [-0.4, -0.2) is 39.9 Å². The largest absolute Gasteiger partial charge is 0.355 e. The van der Waals surface area contributed by atoms with Crippen LogP contribution >= 0.6 is 22.6 Å². The van der Waals surface area contributed by atoms with E-state index in [9.17, 15) is 0 Å². The number of halogens is 1. The van der Waals surface area contributed by atoms with Crippen LogP contribution in [0.1, 0.15) is 256 Å². The number of fused-ring (bicyclic) bond motifs is 16. The molecule has 16 bridgehead atoms. The summed E-state index contributed by atoms with van der Waals surface area (Å²) in [6.45, 7) is 55.5. The highest BCUT2D eigenvalue weighted by Crippen LogP contribution is 2.47. The van der Waals surface area contributed by atoms with Gasteiger partial charge in [-0.3, -0.25) is 0 Å². The molecule has 4 aliphatic rings. The molecule has 0 spiro atoms. The van der Waals surface area contributed by atoms with Crippen LogP contribution in [0.2, 0.25) is 0 Å². The first-order valence-electron chi connectivity index (χ1n) is 37.5. The van der Waals surface area contributed by atoms with Crippen molar-refractivity contribution in [2.75, 3.05) is 0 Å². The first-order chi connectivity index (χ1) is 48.9. The van der Waals surface area contributed by atoms with E-state index in [1.807, 2.05) is 0 Å². The third kappa shape index (κ3) is 14.3. The van der Waals surface area contributed by atoms with E-state index in [0.29, 0.717) is 0 Å². The van der Waals surface area contributed by atoms with Gasteiger partial charge in [-0.2, -0.15) is 0 Å². The minimum atomic E-state index is -0.151. The number of benzene rings is 4. The minimum Gasteiger partial charge on any atom is -0.355 e. The molecule has 105 heavy (non-hydrogen) atoms. The van der Waals surface area contributed by atoms with Crippen molar-refractivity contribution in [1.29, 1.82) is 0 Å². The summed E-state index contributed by atoms with van der Waals surface area (Å²) < 4.78 is 1.02. The third-order valence-electron chi connectivity index (χ3n) is 21.3. The Bertz CT molecular complexity index is 5460. The lowest BCUT2D eigenvalue weighted by Gasteiger charge is -2.26. The molecular weight excluding hydrogens is 1390 g/mol. The molecule has 6 aromatic heterocycles. The van der Waals surface area contributed by atoms with Gasteiger partial charge in [0.25, 0.3) is 0 Å². The number of rotatable bonds is 5. The predicted molar refractivity (Wildman–Crippen MR) is 461 cm³/mol. The maximum absolute atomic E-state index is 6.06. The van der Waals surface area contributed by atoms with Gasteiger partial charge >= 0.3 is 0 Å². The molecule has 0 saturated heterocycles. The quantitative estimate of drug-likeness (QED) is 0.129. The molecule has 0 unspecified atom stereocenters. The molecule has 4 N–H and O–H groups in total. The van der Waals surface area contributed by atoms with Gasteiger partial charge in [-0.25, -0.2) is 19.9 Å². The van der Waals surface area contributed by atoms with Gasteiger partial charge in [-0.15, -0.1) is 0 Å². The number of nitrogens with one attached hydrogen (secondary N) is 4. The van der Waals surface area contributed by atoms with Crippen molar-refractivity contribution in [3.8, 4) is 55.6 Å². The molecule has 0 atom stereocenters. The van der Waals surface area contributed by atoms with E-state index in [1.54, 1.807) is 0 Å². The number of hydrogen-bond donors (Lipinski definition) is 4. The first kappa shape index (κ1) is 72.7. The summed E-state index contributed by atoms with van der Waals surface area (Å²) in [5.41, 5.74) is 33.2. The molecule has 0 radical (unpaired) electrons. The molecule has 0 aliphatic carbocycles. The molecule has 8 nitrogen and oxygen atoms in total. The SMILES string of the molecule is CC(C)(C)c1cc(-c2c3nc(c(-c4c5nc(c(-c6cc(C(C)(C)C)cc(C(C)(C)C)c6)c6ccc([nH]6)c(I)c6nc(c(-c7cc(C(C)(C)C)cc(C(C)(C)C)c7)c7ccc4[nH]7)C=C6)C=C5)c4ccc([nH]4)c(-c4cc(C(C)(C)C)cc(C(C)(C)C)c4)c4nc(cc5ccc2[nH]5)C=C4)C=C3)cc(C(C)(C)C)c1. The fourth-order valence-electron chi connectivity index (χ4n) is 14.6. The Morgan fingerprint density at radius 2 is 0.438 bits per heavy atom. The van der Waals surface area contributed by atoms with Crippen LogP contribution < -0.4 is 0 Å². The first-order valence-corrected chi connectivity index (χ1v) is 38.6. The number of aromatic amines is 4. The van der Waals surface area contributed by atoms with Crippen LogP contribution in [0.15, 0.2) is 127 Å². The average Bonchev–Trinajstić information content (AvgIpc) is 1.63. The van der Waals surface area contributed by atoms with E-state index in [0.717, 1.165) is 149 Å². The Morgan fingerprint density at radius 3 is 0.743 bits per heavy atom. The lowest BCUT2D eigenvalue weighted by Crippen LogP contribution is -2.16. The number of aromatic nitrogens is 8. The van der Waals surface area contributed by atoms with E-state index in [2.05, 4.69) is 385 Å². The molecule has 0 saturated carbocycles. The molecular formula is C96H105IN8. The zero-order valence-electron chi connectivity index (χ0n) is 66.4. The van der Waals surface area contributed by atoms with E-state index in [1.165, 1.54) is 44.5 Å². The second kappa shape index (κ2) is 25.5. The van der Waals surface area contributed by atoms with Crippen molar-refractivity contribution < 1.29 is 0 Å². The highest BCUT2D eigenvalue weighted by Gasteiger charge is 2.31. The molecule has 4 aromatic carbocycles. The fourth-order valence-corrected chi connectivity index (χ4v) is 15.2.